The van der Waals surface area contributed by atoms with Gasteiger partial charge in [0.1, 0.15) is 4.60 Å². The molecule has 0 fully saturated rings. The summed E-state index contributed by atoms with van der Waals surface area (Å²) in [5.41, 5.74) is 3.22. The molecular weight excluding hydrogens is 419 g/mol. The molecule has 0 unspecified atom stereocenters. The molecule has 3 nitrogen and oxygen atoms in total. The average molecular weight is 433 g/mol. The quantitative estimate of drug-likeness (QED) is 0.772. The second kappa shape index (κ2) is 6.24. The number of fused-ring (bicyclic) bond motifs is 1. The van der Waals surface area contributed by atoms with Crippen LogP contribution in [0.3, 0.4) is 0 Å². The van der Waals surface area contributed by atoms with Crippen molar-refractivity contribution in [1.82, 2.24) is 9.88 Å². The minimum Gasteiger partial charge on any atom is -0.312 e. The summed E-state index contributed by atoms with van der Waals surface area (Å²) in [6.07, 6.45) is 1.21. The molecule has 1 aromatic carbocycles. The van der Waals surface area contributed by atoms with Gasteiger partial charge in [-0.1, -0.05) is 23.7 Å². The number of nitrogens with zero attached hydrogens (tertiary/aromatic N) is 1. The Bertz CT molecular complexity index is 695. The van der Waals surface area contributed by atoms with Gasteiger partial charge in [0.25, 0.3) is 0 Å². The first-order valence-electron chi connectivity index (χ1n) is 6.63. The molecule has 1 aromatic heterocycles. The van der Waals surface area contributed by atoms with Crippen LogP contribution < -0.4 is 5.32 Å². The maximum atomic E-state index is 12.7. The molecule has 6 heteroatoms. The Morgan fingerprint density at radius 1 is 1.29 bits per heavy atom. The summed E-state index contributed by atoms with van der Waals surface area (Å²) in [5, 5.41) is 4.01. The summed E-state index contributed by atoms with van der Waals surface area (Å²) in [6.45, 7) is 1.68. The SMILES string of the molecule is O=C(Cc1ccc(Cl)cc1)n1c(Br)c(Br)c2c1CCNC2. The van der Waals surface area contributed by atoms with Gasteiger partial charge in [0.15, 0.2) is 0 Å². The second-order valence-electron chi connectivity index (χ2n) is 4.99. The van der Waals surface area contributed by atoms with Gasteiger partial charge in [0, 0.05) is 35.8 Å². The monoisotopic (exact) mass is 430 g/mol. The first kappa shape index (κ1) is 15.3. The third kappa shape index (κ3) is 2.97. The van der Waals surface area contributed by atoms with Crippen LogP contribution in [0.5, 0.6) is 0 Å². The van der Waals surface area contributed by atoms with E-state index in [0.29, 0.717) is 11.4 Å². The Hall–Kier alpha value is -0.620. The largest absolute Gasteiger partial charge is 0.312 e. The number of benzene rings is 1. The molecule has 0 atom stereocenters. The van der Waals surface area contributed by atoms with E-state index in [1.54, 1.807) is 4.57 Å². The highest BCUT2D eigenvalue weighted by molar-refractivity contribution is 9.13. The van der Waals surface area contributed by atoms with Gasteiger partial charge < -0.3 is 5.32 Å². The van der Waals surface area contributed by atoms with E-state index in [9.17, 15) is 4.79 Å². The van der Waals surface area contributed by atoms with Gasteiger partial charge in [-0.25, -0.2) is 0 Å². The highest BCUT2D eigenvalue weighted by Gasteiger charge is 2.25. The number of carbonyl (C=O) groups excluding carboxylic acids is 1. The summed E-state index contributed by atoms with van der Waals surface area (Å²) < 4.78 is 3.55. The first-order chi connectivity index (χ1) is 10.1. The summed E-state index contributed by atoms with van der Waals surface area (Å²) in [6, 6.07) is 7.40. The van der Waals surface area contributed by atoms with Crippen molar-refractivity contribution in [3.63, 3.8) is 0 Å². The van der Waals surface area contributed by atoms with E-state index in [2.05, 4.69) is 37.2 Å². The van der Waals surface area contributed by atoms with Gasteiger partial charge in [-0.05, 0) is 49.6 Å². The maximum absolute atomic E-state index is 12.7. The van der Waals surface area contributed by atoms with Crippen LogP contribution in [0, 0.1) is 0 Å². The van der Waals surface area contributed by atoms with Gasteiger partial charge in [-0.2, -0.15) is 0 Å². The van der Waals surface area contributed by atoms with Crippen LogP contribution in [0.1, 0.15) is 21.6 Å². The lowest BCUT2D eigenvalue weighted by Gasteiger charge is -2.16. The van der Waals surface area contributed by atoms with Crippen molar-refractivity contribution in [2.75, 3.05) is 6.54 Å². The molecule has 0 bridgehead atoms. The molecular formula is C15H13Br2ClN2O. The summed E-state index contributed by atoms with van der Waals surface area (Å²) >= 11 is 13.0. The van der Waals surface area contributed by atoms with E-state index in [1.165, 1.54) is 0 Å². The van der Waals surface area contributed by atoms with Gasteiger partial charge in [0.05, 0.1) is 10.9 Å². The van der Waals surface area contributed by atoms with Crippen molar-refractivity contribution in [3.8, 4) is 0 Å². The van der Waals surface area contributed by atoms with Crippen LogP contribution >= 0.6 is 43.5 Å². The van der Waals surface area contributed by atoms with E-state index in [0.717, 1.165) is 45.4 Å². The number of rotatable bonds is 2. The average Bonchev–Trinajstić information content (AvgIpc) is 2.74. The highest BCUT2D eigenvalue weighted by atomic mass is 79.9. The summed E-state index contributed by atoms with van der Waals surface area (Å²) in [5.74, 6) is 0.0630. The fourth-order valence-corrected chi connectivity index (χ4v) is 3.90. The zero-order chi connectivity index (χ0) is 15.0. The molecule has 0 amide bonds. The van der Waals surface area contributed by atoms with Gasteiger partial charge >= 0.3 is 0 Å². The zero-order valence-electron chi connectivity index (χ0n) is 11.1. The topological polar surface area (TPSA) is 34.0 Å². The first-order valence-corrected chi connectivity index (χ1v) is 8.60. The number of hydrogen-bond donors (Lipinski definition) is 1. The predicted octanol–water partition coefficient (Wildman–Crippen LogP) is 4.20. The van der Waals surface area contributed by atoms with Crippen LogP contribution in [0.4, 0.5) is 0 Å². The van der Waals surface area contributed by atoms with Crippen LogP contribution in [0.2, 0.25) is 5.02 Å². The Labute approximate surface area is 144 Å². The third-order valence-electron chi connectivity index (χ3n) is 3.62. The lowest BCUT2D eigenvalue weighted by molar-refractivity contribution is 0.0908. The molecule has 1 N–H and O–H groups in total. The number of halogens is 3. The molecule has 0 saturated heterocycles. The summed E-state index contributed by atoms with van der Waals surface area (Å²) in [4.78, 5) is 12.7. The minimum absolute atomic E-state index is 0.0630. The van der Waals surface area contributed by atoms with Crippen LogP contribution in [-0.4, -0.2) is 17.0 Å². The minimum atomic E-state index is 0.0630. The molecule has 0 saturated carbocycles. The number of hydrogen-bond acceptors (Lipinski definition) is 2. The predicted molar refractivity (Wildman–Crippen MR) is 91.0 cm³/mol. The fourth-order valence-electron chi connectivity index (χ4n) is 2.58. The summed E-state index contributed by atoms with van der Waals surface area (Å²) in [7, 11) is 0. The van der Waals surface area contributed by atoms with E-state index < -0.39 is 0 Å². The van der Waals surface area contributed by atoms with E-state index in [-0.39, 0.29) is 5.91 Å². The van der Waals surface area contributed by atoms with E-state index in [1.807, 2.05) is 24.3 Å². The lowest BCUT2D eigenvalue weighted by Crippen LogP contribution is -2.27. The van der Waals surface area contributed by atoms with Gasteiger partial charge in [-0.3, -0.25) is 9.36 Å². The smallest absolute Gasteiger partial charge is 0.236 e. The Balaban J connectivity index is 1.93. The molecule has 2 aromatic rings. The second-order valence-corrected chi connectivity index (χ2v) is 6.97. The van der Waals surface area contributed by atoms with Crippen LogP contribution in [-0.2, 0) is 19.4 Å². The maximum Gasteiger partial charge on any atom is 0.236 e. The van der Waals surface area contributed by atoms with Gasteiger partial charge in [0.2, 0.25) is 5.91 Å². The molecule has 1 aliphatic rings. The highest BCUT2D eigenvalue weighted by Crippen LogP contribution is 2.34. The van der Waals surface area contributed by atoms with Crippen molar-refractivity contribution in [1.29, 1.82) is 0 Å². The number of carbonyl (C=O) groups is 1. The molecule has 110 valence electrons. The fraction of sp³-hybridized carbons (Fsp3) is 0.267. The Morgan fingerprint density at radius 2 is 2.00 bits per heavy atom. The number of aromatic nitrogens is 1. The zero-order valence-corrected chi connectivity index (χ0v) is 15.1. The molecule has 1 aliphatic heterocycles. The van der Waals surface area contributed by atoms with Gasteiger partial charge in [-0.15, -0.1) is 0 Å². The molecule has 0 radical (unpaired) electrons. The van der Waals surface area contributed by atoms with Crippen LogP contribution in [0.25, 0.3) is 0 Å². The molecule has 21 heavy (non-hydrogen) atoms. The van der Waals surface area contributed by atoms with Crippen molar-refractivity contribution in [2.24, 2.45) is 0 Å². The van der Waals surface area contributed by atoms with Crippen LogP contribution in [0.15, 0.2) is 33.3 Å². The third-order valence-corrected chi connectivity index (χ3v) is 6.01. The normalized spacial score (nSPS) is 14.0. The van der Waals surface area contributed by atoms with E-state index >= 15 is 0 Å². The van der Waals surface area contributed by atoms with Crippen molar-refractivity contribution < 1.29 is 4.79 Å². The molecule has 3 rings (SSSR count). The van der Waals surface area contributed by atoms with Crippen molar-refractivity contribution in [3.05, 3.63) is 55.2 Å². The molecule has 0 spiro atoms. The Morgan fingerprint density at radius 3 is 2.71 bits per heavy atom. The van der Waals surface area contributed by atoms with Crippen molar-refractivity contribution in [2.45, 2.75) is 19.4 Å². The lowest BCUT2D eigenvalue weighted by atomic mass is 10.1. The Kier molecular flexibility index (Phi) is 4.54. The van der Waals surface area contributed by atoms with Crippen molar-refractivity contribution >= 4 is 49.4 Å². The molecule has 0 aliphatic carbocycles. The standard InChI is InChI=1S/C15H13Br2ClN2O/c16-14-11-8-19-6-5-12(11)20(15(14)17)13(21)7-9-1-3-10(18)4-2-9/h1-4,19H,5-8H2. The number of nitrogens with one attached hydrogen (secondary N) is 1. The van der Waals surface area contributed by atoms with E-state index in [4.69, 9.17) is 11.6 Å². The molecule has 2 heterocycles.